The van der Waals surface area contributed by atoms with E-state index in [9.17, 15) is 22.0 Å². The molecule has 0 saturated heterocycles. The Labute approximate surface area is 117 Å². The van der Waals surface area contributed by atoms with E-state index in [1.807, 2.05) is 0 Å². The summed E-state index contributed by atoms with van der Waals surface area (Å²) in [6.45, 7) is 0. The van der Waals surface area contributed by atoms with Crippen LogP contribution in [0.1, 0.15) is 6.42 Å². The van der Waals surface area contributed by atoms with Crippen LogP contribution in [0.15, 0.2) is 54.6 Å². The molecule has 0 saturated carbocycles. The van der Waals surface area contributed by atoms with Crippen molar-refractivity contribution in [1.29, 1.82) is 0 Å². The Morgan fingerprint density at radius 2 is 1.62 bits per heavy atom. The van der Waals surface area contributed by atoms with E-state index in [4.69, 9.17) is 4.74 Å². The van der Waals surface area contributed by atoms with Crippen LogP contribution in [0.3, 0.4) is 0 Å². The second-order valence-electron chi connectivity index (χ2n) is 4.33. The van der Waals surface area contributed by atoms with Gasteiger partial charge in [0.25, 0.3) is 0 Å². The second kappa shape index (κ2) is 5.48. The van der Waals surface area contributed by atoms with Crippen molar-refractivity contribution in [3.8, 4) is 5.75 Å². The molecule has 2 rings (SSSR count). The number of benzene rings is 1. The van der Waals surface area contributed by atoms with Crippen LogP contribution in [0.25, 0.3) is 0 Å². The Bertz CT molecular complexity index is 536. The van der Waals surface area contributed by atoms with Gasteiger partial charge in [0.05, 0.1) is 0 Å². The number of halogens is 5. The molecule has 0 aliphatic heterocycles. The lowest BCUT2D eigenvalue weighted by atomic mass is 10.1. The standard InChI is InChI=1S/C14H11F5O2/c15-13(16,17)14(18,19)21-12(9-5-2-6-10-12)20-11-7-3-1-4-8-11/h1-9H,10H2. The van der Waals surface area contributed by atoms with E-state index in [-0.39, 0.29) is 12.2 Å². The zero-order chi connectivity index (χ0) is 15.6. The van der Waals surface area contributed by atoms with Crippen molar-refractivity contribution >= 4 is 0 Å². The molecule has 0 amide bonds. The van der Waals surface area contributed by atoms with Gasteiger partial charge in [-0.25, -0.2) is 0 Å². The Morgan fingerprint density at radius 3 is 2.14 bits per heavy atom. The lowest BCUT2D eigenvalue weighted by molar-refractivity contribution is -0.431. The minimum atomic E-state index is -5.82. The fourth-order valence-corrected chi connectivity index (χ4v) is 1.72. The van der Waals surface area contributed by atoms with Gasteiger partial charge in [-0.05, 0) is 18.2 Å². The van der Waals surface area contributed by atoms with Crippen molar-refractivity contribution in [2.75, 3.05) is 0 Å². The van der Waals surface area contributed by atoms with Crippen LogP contribution < -0.4 is 4.74 Å². The Hall–Kier alpha value is -1.89. The summed E-state index contributed by atoms with van der Waals surface area (Å²) >= 11 is 0. The quantitative estimate of drug-likeness (QED) is 0.604. The molecule has 21 heavy (non-hydrogen) atoms. The Balaban J connectivity index is 2.27. The maximum absolute atomic E-state index is 13.2. The highest BCUT2D eigenvalue weighted by Gasteiger charge is 2.63. The fraction of sp³-hybridized carbons (Fsp3) is 0.286. The molecule has 0 heterocycles. The fourth-order valence-electron chi connectivity index (χ4n) is 1.72. The molecule has 1 atom stereocenters. The molecule has 1 aromatic rings. The number of rotatable bonds is 4. The van der Waals surface area contributed by atoms with E-state index in [1.165, 1.54) is 30.4 Å². The first-order chi connectivity index (χ1) is 9.74. The molecule has 1 aliphatic rings. The second-order valence-corrected chi connectivity index (χ2v) is 4.33. The molecular weight excluding hydrogens is 295 g/mol. The highest BCUT2D eigenvalue weighted by molar-refractivity contribution is 5.25. The van der Waals surface area contributed by atoms with Gasteiger partial charge in [0.2, 0.25) is 5.79 Å². The van der Waals surface area contributed by atoms with Crippen molar-refractivity contribution in [3.05, 3.63) is 54.6 Å². The van der Waals surface area contributed by atoms with Crippen LogP contribution in [-0.4, -0.2) is 18.1 Å². The zero-order valence-corrected chi connectivity index (χ0v) is 10.6. The molecular formula is C14H11F5O2. The van der Waals surface area contributed by atoms with Crippen LogP contribution in [-0.2, 0) is 4.74 Å². The average molecular weight is 306 g/mol. The minimum Gasteiger partial charge on any atom is -0.458 e. The molecule has 0 spiro atoms. The van der Waals surface area contributed by atoms with Crippen LogP contribution >= 0.6 is 0 Å². The smallest absolute Gasteiger partial charge is 0.458 e. The molecule has 1 aliphatic carbocycles. The normalized spacial score (nSPS) is 22.3. The molecule has 114 valence electrons. The summed E-state index contributed by atoms with van der Waals surface area (Å²) in [6.07, 6.45) is -6.22. The summed E-state index contributed by atoms with van der Waals surface area (Å²) in [4.78, 5) is 0. The van der Waals surface area contributed by atoms with Gasteiger partial charge < -0.3 is 4.74 Å². The van der Waals surface area contributed by atoms with E-state index in [0.29, 0.717) is 0 Å². The molecule has 0 fully saturated rings. The number of allylic oxidation sites excluding steroid dienone is 2. The van der Waals surface area contributed by atoms with Gasteiger partial charge in [-0.1, -0.05) is 36.4 Å². The number of hydrogen-bond donors (Lipinski definition) is 0. The van der Waals surface area contributed by atoms with Gasteiger partial charge in [0.1, 0.15) is 5.75 Å². The van der Waals surface area contributed by atoms with Gasteiger partial charge in [0.15, 0.2) is 0 Å². The molecule has 0 radical (unpaired) electrons. The summed E-state index contributed by atoms with van der Waals surface area (Å²) < 4.78 is 72.6. The summed E-state index contributed by atoms with van der Waals surface area (Å²) in [7, 11) is 0. The zero-order valence-electron chi connectivity index (χ0n) is 10.6. The third-order valence-corrected chi connectivity index (χ3v) is 2.66. The molecule has 0 aromatic heterocycles. The molecule has 7 heteroatoms. The number of para-hydroxylation sites is 1. The predicted octanol–water partition coefficient (Wildman–Crippen LogP) is 4.45. The average Bonchev–Trinajstić information content (AvgIpc) is 2.38. The molecule has 2 nitrogen and oxygen atoms in total. The Morgan fingerprint density at radius 1 is 0.952 bits per heavy atom. The third-order valence-electron chi connectivity index (χ3n) is 2.66. The monoisotopic (exact) mass is 306 g/mol. The number of hydrogen-bond acceptors (Lipinski definition) is 2. The predicted molar refractivity (Wildman–Crippen MR) is 64.8 cm³/mol. The van der Waals surface area contributed by atoms with Gasteiger partial charge in [-0.15, -0.1) is 0 Å². The van der Waals surface area contributed by atoms with E-state index >= 15 is 0 Å². The van der Waals surface area contributed by atoms with Crippen molar-refractivity contribution < 1.29 is 31.4 Å². The van der Waals surface area contributed by atoms with Crippen LogP contribution in [0, 0.1) is 0 Å². The highest BCUT2D eigenvalue weighted by atomic mass is 19.4. The van der Waals surface area contributed by atoms with Crippen LogP contribution in [0.2, 0.25) is 0 Å². The van der Waals surface area contributed by atoms with Crippen molar-refractivity contribution in [2.45, 2.75) is 24.5 Å². The van der Waals surface area contributed by atoms with Crippen LogP contribution in [0.5, 0.6) is 5.75 Å². The molecule has 0 bridgehead atoms. The number of alkyl halides is 5. The summed E-state index contributed by atoms with van der Waals surface area (Å²) in [6, 6.07) is 7.65. The molecule has 1 unspecified atom stereocenters. The lowest BCUT2D eigenvalue weighted by Crippen LogP contribution is -2.50. The summed E-state index contributed by atoms with van der Waals surface area (Å²) in [5.41, 5.74) is 0. The SMILES string of the molecule is FC(F)(F)C(F)(F)OC1(Oc2ccccc2)C=CC=CC1. The van der Waals surface area contributed by atoms with E-state index < -0.39 is 18.1 Å². The van der Waals surface area contributed by atoms with E-state index in [1.54, 1.807) is 18.2 Å². The van der Waals surface area contributed by atoms with Gasteiger partial charge in [-0.3, -0.25) is 4.74 Å². The van der Waals surface area contributed by atoms with E-state index in [2.05, 4.69) is 4.74 Å². The maximum Gasteiger partial charge on any atom is 0.483 e. The summed E-state index contributed by atoms with van der Waals surface area (Å²) in [5, 5.41) is 0. The van der Waals surface area contributed by atoms with Crippen molar-refractivity contribution in [2.24, 2.45) is 0 Å². The lowest BCUT2D eigenvalue weighted by Gasteiger charge is -2.35. The Kier molecular flexibility index (Phi) is 4.04. The van der Waals surface area contributed by atoms with E-state index in [0.717, 1.165) is 6.08 Å². The largest absolute Gasteiger partial charge is 0.483 e. The minimum absolute atomic E-state index is 0.121. The van der Waals surface area contributed by atoms with Gasteiger partial charge in [-0.2, -0.15) is 22.0 Å². The van der Waals surface area contributed by atoms with Crippen molar-refractivity contribution in [1.82, 2.24) is 0 Å². The topological polar surface area (TPSA) is 18.5 Å². The van der Waals surface area contributed by atoms with Gasteiger partial charge in [0, 0.05) is 6.42 Å². The number of ether oxygens (including phenoxy) is 2. The first kappa shape index (κ1) is 15.5. The highest BCUT2D eigenvalue weighted by Crippen LogP contribution is 2.42. The van der Waals surface area contributed by atoms with Gasteiger partial charge >= 0.3 is 12.3 Å². The maximum atomic E-state index is 13.2. The molecule has 1 aromatic carbocycles. The summed E-state index contributed by atoms with van der Waals surface area (Å²) in [5.74, 6) is -2.09. The molecule has 0 N–H and O–H groups in total. The third kappa shape index (κ3) is 3.60. The van der Waals surface area contributed by atoms with Crippen LogP contribution in [0.4, 0.5) is 22.0 Å². The first-order valence-electron chi connectivity index (χ1n) is 5.97. The van der Waals surface area contributed by atoms with Crippen molar-refractivity contribution in [3.63, 3.8) is 0 Å². The first-order valence-corrected chi connectivity index (χ1v) is 5.97.